The average molecular weight is 202 g/mol. The highest BCUT2D eigenvalue weighted by atomic mass is 16.5. The first-order valence-corrected chi connectivity index (χ1v) is 5.26. The lowest BCUT2D eigenvalue weighted by molar-refractivity contribution is 0.167. The summed E-state index contributed by atoms with van der Waals surface area (Å²) < 4.78 is 5.78. The van der Waals surface area contributed by atoms with Gasteiger partial charge in [-0.25, -0.2) is 0 Å². The molecule has 0 aromatic heterocycles. The second kappa shape index (κ2) is 4.81. The highest BCUT2D eigenvalue weighted by Gasteiger charge is 2.14. The number of nitrogens with one attached hydrogen (secondary N) is 1. The minimum atomic E-state index is 0.243. The van der Waals surface area contributed by atoms with Gasteiger partial charge in [0.25, 0.3) is 0 Å². The number of benzene rings is 1. The maximum Gasteiger partial charge on any atom is 0.121 e. The van der Waals surface area contributed by atoms with E-state index in [9.17, 15) is 0 Å². The number of piperidine rings is 1. The second-order valence-electron chi connectivity index (χ2n) is 3.73. The number of hydrogen-bond acceptors (Lipinski definition) is 3. The Labute approximate surface area is 89.7 Å². The standard InChI is InChI=1S/C12H14N2O/c13-8-10-3-1-4-11(7-10)15-12-5-2-6-14-9-12/h1,3-4,7,12,14H,2,5-6,9H2/t12-/m1/s1. The molecule has 15 heavy (non-hydrogen) atoms. The Morgan fingerprint density at radius 3 is 3.13 bits per heavy atom. The molecule has 1 aromatic carbocycles. The van der Waals surface area contributed by atoms with Gasteiger partial charge in [0.2, 0.25) is 0 Å². The number of hydrogen-bond donors (Lipinski definition) is 1. The SMILES string of the molecule is N#Cc1cccc(O[C@@H]2CCCNC2)c1. The average Bonchev–Trinajstić information content (AvgIpc) is 2.31. The summed E-state index contributed by atoms with van der Waals surface area (Å²) >= 11 is 0. The molecule has 0 saturated carbocycles. The van der Waals surface area contributed by atoms with Crippen molar-refractivity contribution in [3.8, 4) is 11.8 Å². The third-order valence-electron chi connectivity index (χ3n) is 2.52. The molecule has 1 aliphatic rings. The maximum atomic E-state index is 8.75. The Bertz CT molecular complexity index is 364. The van der Waals surface area contributed by atoms with Crippen LogP contribution in [-0.4, -0.2) is 19.2 Å². The van der Waals surface area contributed by atoms with Crippen molar-refractivity contribution in [3.05, 3.63) is 29.8 Å². The molecule has 1 N–H and O–H groups in total. The van der Waals surface area contributed by atoms with E-state index in [0.29, 0.717) is 5.56 Å². The van der Waals surface area contributed by atoms with E-state index in [1.807, 2.05) is 12.1 Å². The van der Waals surface area contributed by atoms with Crippen molar-refractivity contribution >= 4 is 0 Å². The van der Waals surface area contributed by atoms with Crippen LogP contribution in [0.15, 0.2) is 24.3 Å². The first-order valence-electron chi connectivity index (χ1n) is 5.26. The molecule has 3 heteroatoms. The molecule has 1 heterocycles. The molecule has 1 atom stereocenters. The van der Waals surface area contributed by atoms with Crippen LogP contribution in [-0.2, 0) is 0 Å². The maximum absolute atomic E-state index is 8.75. The summed E-state index contributed by atoms with van der Waals surface area (Å²) in [6.45, 7) is 1.98. The van der Waals surface area contributed by atoms with Crippen LogP contribution >= 0.6 is 0 Å². The molecular formula is C12H14N2O. The molecule has 1 fully saturated rings. The van der Waals surface area contributed by atoms with Crippen LogP contribution in [0.4, 0.5) is 0 Å². The van der Waals surface area contributed by atoms with Gasteiger partial charge in [-0.3, -0.25) is 0 Å². The lowest BCUT2D eigenvalue weighted by Crippen LogP contribution is -2.37. The van der Waals surface area contributed by atoms with E-state index in [0.717, 1.165) is 31.7 Å². The van der Waals surface area contributed by atoms with Crippen LogP contribution in [0.2, 0.25) is 0 Å². The van der Waals surface area contributed by atoms with E-state index in [-0.39, 0.29) is 6.10 Å². The molecule has 0 bridgehead atoms. The van der Waals surface area contributed by atoms with Crippen LogP contribution in [0.25, 0.3) is 0 Å². The number of rotatable bonds is 2. The second-order valence-corrected chi connectivity index (χ2v) is 3.73. The Balaban J connectivity index is 2.00. The van der Waals surface area contributed by atoms with Crippen LogP contribution in [0, 0.1) is 11.3 Å². The molecule has 0 spiro atoms. The fraction of sp³-hybridized carbons (Fsp3) is 0.417. The molecule has 3 nitrogen and oxygen atoms in total. The van der Waals surface area contributed by atoms with E-state index < -0.39 is 0 Å². The van der Waals surface area contributed by atoms with Crippen LogP contribution in [0.1, 0.15) is 18.4 Å². The molecule has 2 rings (SSSR count). The number of nitrogens with zero attached hydrogens (tertiary/aromatic N) is 1. The summed E-state index contributed by atoms with van der Waals surface area (Å²) in [5, 5.41) is 12.0. The highest BCUT2D eigenvalue weighted by Crippen LogP contribution is 2.16. The van der Waals surface area contributed by atoms with Gasteiger partial charge in [0.1, 0.15) is 11.9 Å². The number of nitriles is 1. The van der Waals surface area contributed by atoms with Crippen molar-refractivity contribution in [2.45, 2.75) is 18.9 Å². The van der Waals surface area contributed by atoms with Crippen molar-refractivity contribution in [1.29, 1.82) is 5.26 Å². The Kier molecular flexibility index (Phi) is 3.21. The smallest absolute Gasteiger partial charge is 0.121 e. The van der Waals surface area contributed by atoms with Crippen molar-refractivity contribution < 1.29 is 4.74 Å². The van der Waals surface area contributed by atoms with Gasteiger partial charge in [-0.1, -0.05) is 6.07 Å². The van der Waals surface area contributed by atoms with E-state index in [1.54, 1.807) is 12.1 Å². The molecule has 1 saturated heterocycles. The predicted molar refractivity (Wildman–Crippen MR) is 57.7 cm³/mol. The summed E-state index contributed by atoms with van der Waals surface area (Å²) in [6.07, 6.45) is 2.49. The minimum absolute atomic E-state index is 0.243. The van der Waals surface area contributed by atoms with E-state index in [1.165, 1.54) is 0 Å². The van der Waals surface area contributed by atoms with Gasteiger partial charge in [-0.05, 0) is 37.6 Å². The topological polar surface area (TPSA) is 45.0 Å². The Hall–Kier alpha value is -1.53. The van der Waals surface area contributed by atoms with Crippen LogP contribution < -0.4 is 10.1 Å². The lowest BCUT2D eigenvalue weighted by atomic mass is 10.1. The number of ether oxygens (including phenoxy) is 1. The van der Waals surface area contributed by atoms with Crippen molar-refractivity contribution in [2.75, 3.05) is 13.1 Å². The molecule has 0 radical (unpaired) electrons. The zero-order chi connectivity index (χ0) is 10.5. The zero-order valence-electron chi connectivity index (χ0n) is 8.57. The fourth-order valence-electron chi connectivity index (χ4n) is 1.75. The minimum Gasteiger partial charge on any atom is -0.489 e. The largest absolute Gasteiger partial charge is 0.489 e. The third-order valence-corrected chi connectivity index (χ3v) is 2.52. The molecule has 1 aliphatic heterocycles. The summed E-state index contributed by atoms with van der Waals surface area (Å²) in [5.74, 6) is 0.794. The lowest BCUT2D eigenvalue weighted by Gasteiger charge is -2.23. The molecule has 0 aliphatic carbocycles. The molecule has 0 unspecified atom stereocenters. The van der Waals surface area contributed by atoms with E-state index >= 15 is 0 Å². The quantitative estimate of drug-likeness (QED) is 0.793. The highest BCUT2D eigenvalue weighted by molar-refractivity contribution is 5.36. The monoisotopic (exact) mass is 202 g/mol. The van der Waals surface area contributed by atoms with E-state index in [4.69, 9.17) is 10.00 Å². The first-order chi connectivity index (χ1) is 7.38. The van der Waals surface area contributed by atoms with Crippen LogP contribution in [0.5, 0.6) is 5.75 Å². The van der Waals surface area contributed by atoms with Crippen molar-refractivity contribution in [3.63, 3.8) is 0 Å². The van der Waals surface area contributed by atoms with Gasteiger partial charge in [-0.2, -0.15) is 5.26 Å². The zero-order valence-corrected chi connectivity index (χ0v) is 8.57. The third kappa shape index (κ3) is 2.71. The van der Waals surface area contributed by atoms with Gasteiger partial charge < -0.3 is 10.1 Å². The van der Waals surface area contributed by atoms with Gasteiger partial charge in [0.05, 0.1) is 11.6 Å². The van der Waals surface area contributed by atoms with Gasteiger partial charge in [-0.15, -0.1) is 0 Å². The normalized spacial score (nSPS) is 20.6. The van der Waals surface area contributed by atoms with Gasteiger partial charge in [0.15, 0.2) is 0 Å². The summed E-state index contributed by atoms with van der Waals surface area (Å²) in [5.41, 5.74) is 0.649. The molecule has 78 valence electrons. The Morgan fingerprint density at radius 1 is 1.47 bits per heavy atom. The van der Waals surface area contributed by atoms with E-state index in [2.05, 4.69) is 11.4 Å². The van der Waals surface area contributed by atoms with Gasteiger partial charge in [0, 0.05) is 6.54 Å². The molecule has 0 amide bonds. The first kappa shape index (κ1) is 10.0. The summed E-state index contributed by atoms with van der Waals surface area (Å²) in [4.78, 5) is 0. The summed E-state index contributed by atoms with van der Waals surface area (Å²) in [7, 11) is 0. The van der Waals surface area contributed by atoms with Crippen molar-refractivity contribution in [1.82, 2.24) is 5.32 Å². The van der Waals surface area contributed by atoms with Crippen LogP contribution in [0.3, 0.4) is 0 Å². The van der Waals surface area contributed by atoms with Crippen molar-refractivity contribution in [2.24, 2.45) is 0 Å². The Morgan fingerprint density at radius 2 is 2.40 bits per heavy atom. The molecule has 1 aromatic rings. The predicted octanol–water partition coefficient (Wildman–Crippen LogP) is 1.69. The molecular weight excluding hydrogens is 188 g/mol. The van der Waals surface area contributed by atoms with Gasteiger partial charge >= 0.3 is 0 Å². The fourth-order valence-corrected chi connectivity index (χ4v) is 1.75. The summed E-state index contributed by atoms with van der Waals surface area (Å²) in [6, 6.07) is 9.43.